The highest BCUT2D eigenvalue weighted by Crippen LogP contribution is 2.19. The van der Waals surface area contributed by atoms with Crippen molar-refractivity contribution in [1.29, 1.82) is 0 Å². The molecule has 3 aromatic rings. The predicted octanol–water partition coefficient (Wildman–Crippen LogP) is 1.99. The molecule has 150 valence electrons. The van der Waals surface area contributed by atoms with Crippen molar-refractivity contribution in [2.45, 2.75) is 25.9 Å². The van der Waals surface area contributed by atoms with Crippen molar-refractivity contribution in [3.63, 3.8) is 0 Å². The van der Waals surface area contributed by atoms with E-state index in [0.717, 1.165) is 17.8 Å². The number of rotatable bonds is 7. The number of benzene rings is 2. The van der Waals surface area contributed by atoms with Gasteiger partial charge in [0.15, 0.2) is 11.4 Å². The van der Waals surface area contributed by atoms with Crippen LogP contribution in [0, 0.1) is 0 Å². The van der Waals surface area contributed by atoms with Gasteiger partial charge in [-0.2, -0.15) is 5.10 Å². The number of amides is 1. The van der Waals surface area contributed by atoms with Gasteiger partial charge in [-0.05, 0) is 17.7 Å². The van der Waals surface area contributed by atoms with Gasteiger partial charge in [-0.25, -0.2) is 4.68 Å². The number of para-hydroxylation sites is 1. The van der Waals surface area contributed by atoms with E-state index in [1.54, 1.807) is 22.9 Å². The first-order valence-electron chi connectivity index (χ1n) is 10.1. The van der Waals surface area contributed by atoms with Gasteiger partial charge in [0.05, 0.1) is 32.1 Å². The van der Waals surface area contributed by atoms with Crippen LogP contribution in [0.15, 0.2) is 60.8 Å². The molecule has 4 rings (SSSR count). The molecular formula is C23H27N4O2+. The first kappa shape index (κ1) is 19.2. The van der Waals surface area contributed by atoms with E-state index in [9.17, 15) is 4.79 Å². The Balaban J connectivity index is 1.47. The lowest BCUT2D eigenvalue weighted by atomic mass is 10.1. The summed E-state index contributed by atoms with van der Waals surface area (Å²) < 4.78 is 7.05. The summed E-state index contributed by atoms with van der Waals surface area (Å²) >= 11 is 0. The Morgan fingerprint density at radius 2 is 1.76 bits per heavy atom. The Bertz CT molecular complexity index is 962. The van der Waals surface area contributed by atoms with Gasteiger partial charge in [-0.1, -0.05) is 42.5 Å². The average Bonchev–Trinajstić information content (AvgIpc) is 3.43. The molecule has 2 aromatic carbocycles. The number of carbonyl (C=O) groups excluding carboxylic acids is 1. The molecule has 6 nitrogen and oxygen atoms in total. The number of nitrogens with zero attached hydrogens (tertiary/aromatic N) is 2. The summed E-state index contributed by atoms with van der Waals surface area (Å²) in [6, 6.07) is 18.0. The van der Waals surface area contributed by atoms with E-state index in [2.05, 4.69) is 28.6 Å². The Kier molecular flexibility index (Phi) is 5.91. The van der Waals surface area contributed by atoms with E-state index in [1.165, 1.54) is 31.5 Å². The molecule has 0 spiro atoms. The second kappa shape index (κ2) is 8.92. The highest BCUT2D eigenvalue weighted by atomic mass is 16.5. The Labute approximate surface area is 171 Å². The van der Waals surface area contributed by atoms with Gasteiger partial charge in [0.1, 0.15) is 6.54 Å². The normalized spacial score (nSPS) is 14.1. The molecule has 1 amide bonds. The summed E-state index contributed by atoms with van der Waals surface area (Å²) in [5.41, 5.74) is 3.62. The smallest absolute Gasteiger partial charge is 0.275 e. The van der Waals surface area contributed by atoms with Crippen LogP contribution in [0.1, 0.15) is 34.5 Å². The third-order valence-corrected chi connectivity index (χ3v) is 5.45. The quantitative estimate of drug-likeness (QED) is 0.648. The van der Waals surface area contributed by atoms with E-state index in [4.69, 9.17) is 4.74 Å². The minimum absolute atomic E-state index is 0.236. The molecule has 1 fully saturated rings. The van der Waals surface area contributed by atoms with Crippen molar-refractivity contribution in [2.24, 2.45) is 0 Å². The molecule has 0 atom stereocenters. The van der Waals surface area contributed by atoms with E-state index in [-0.39, 0.29) is 5.91 Å². The first-order valence-corrected chi connectivity index (χ1v) is 10.1. The van der Waals surface area contributed by atoms with Crippen LogP contribution in [-0.2, 0) is 13.1 Å². The lowest BCUT2D eigenvalue weighted by molar-refractivity contribution is -0.901. The van der Waals surface area contributed by atoms with Crippen molar-refractivity contribution in [3.8, 4) is 11.4 Å². The maximum absolute atomic E-state index is 12.8. The molecule has 6 heteroatoms. The molecule has 29 heavy (non-hydrogen) atoms. The number of aromatic nitrogens is 2. The first-order chi connectivity index (χ1) is 14.2. The van der Waals surface area contributed by atoms with Crippen LogP contribution in [0.3, 0.4) is 0 Å². The highest BCUT2D eigenvalue weighted by molar-refractivity contribution is 5.94. The van der Waals surface area contributed by atoms with Crippen LogP contribution in [-0.4, -0.2) is 35.9 Å². The summed E-state index contributed by atoms with van der Waals surface area (Å²) in [6.45, 7) is 3.95. The molecule has 1 aliphatic heterocycles. The van der Waals surface area contributed by atoms with Gasteiger partial charge in [-0.3, -0.25) is 4.79 Å². The SMILES string of the molecule is COc1cn(-c2ccccc2)nc1C(=O)NCc1ccccc1C[NH+]1CCCC1. The second-order valence-electron chi connectivity index (χ2n) is 7.41. The van der Waals surface area contributed by atoms with E-state index in [1.807, 2.05) is 36.4 Å². The molecule has 0 unspecified atom stereocenters. The number of hydrogen-bond acceptors (Lipinski definition) is 3. The Hall–Kier alpha value is -3.12. The van der Waals surface area contributed by atoms with Crippen molar-refractivity contribution < 1.29 is 14.4 Å². The molecule has 0 aliphatic carbocycles. The van der Waals surface area contributed by atoms with E-state index < -0.39 is 0 Å². The van der Waals surface area contributed by atoms with E-state index >= 15 is 0 Å². The van der Waals surface area contributed by atoms with Crippen molar-refractivity contribution in [2.75, 3.05) is 20.2 Å². The topological polar surface area (TPSA) is 60.6 Å². The fourth-order valence-electron chi connectivity index (χ4n) is 3.86. The number of nitrogens with one attached hydrogen (secondary N) is 2. The fraction of sp³-hybridized carbons (Fsp3) is 0.304. The Morgan fingerprint density at radius 3 is 2.48 bits per heavy atom. The molecule has 0 saturated carbocycles. The molecule has 2 heterocycles. The predicted molar refractivity (Wildman–Crippen MR) is 111 cm³/mol. The maximum Gasteiger partial charge on any atom is 0.275 e. The molecule has 0 radical (unpaired) electrons. The minimum atomic E-state index is -0.236. The number of methoxy groups -OCH3 is 1. The van der Waals surface area contributed by atoms with Crippen LogP contribution in [0.5, 0.6) is 5.75 Å². The van der Waals surface area contributed by atoms with Crippen LogP contribution in [0.25, 0.3) is 5.69 Å². The fourth-order valence-corrected chi connectivity index (χ4v) is 3.86. The standard InChI is InChI=1S/C23H26N4O2/c1-29-21-17-27(20-11-3-2-4-12-20)25-22(21)23(28)24-15-18-9-5-6-10-19(18)16-26-13-7-8-14-26/h2-6,9-12,17H,7-8,13-16H2,1H3,(H,24,28)/p+1. The molecule has 1 aromatic heterocycles. The van der Waals surface area contributed by atoms with Crippen molar-refractivity contribution in [3.05, 3.63) is 77.6 Å². The lowest BCUT2D eigenvalue weighted by Gasteiger charge is -2.15. The summed E-state index contributed by atoms with van der Waals surface area (Å²) in [5, 5.41) is 7.46. The van der Waals surface area contributed by atoms with Crippen molar-refractivity contribution in [1.82, 2.24) is 15.1 Å². The maximum atomic E-state index is 12.8. The average molecular weight is 391 g/mol. The zero-order chi connectivity index (χ0) is 20.1. The Morgan fingerprint density at radius 1 is 1.07 bits per heavy atom. The monoisotopic (exact) mass is 391 g/mol. The van der Waals surface area contributed by atoms with Gasteiger partial charge < -0.3 is 15.0 Å². The van der Waals surface area contributed by atoms with Gasteiger partial charge >= 0.3 is 0 Å². The summed E-state index contributed by atoms with van der Waals surface area (Å²) in [6.07, 6.45) is 4.34. The summed E-state index contributed by atoms with van der Waals surface area (Å²) in [5.74, 6) is 0.223. The summed E-state index contributed by atoms with van der Waals surface area (Å²) in [4.78, 5) is 14.4. The molecular weight excluding hydrogens is 364 g/mol. The number of hydrogen-bond donors (Lipinski definition) is 2. The number of ether oxygens (including phenoxy) is 1. The van der Waals surface area contributed by atoms with Crippen LogP contribution >= 0.6 is 0 Å². The van der Waals surface area contributed by atoms with Gasteiger partial charge in [0, 0.05) is 24.9 Å². The molecule has 2 N–H and O–H groups in total. The molecule has 1 aliphatic rings. The second-order valence-corrected chi connectivity index (χ2v) is 7.41. The zero-order valence-electron chi connectivity index (χ0n) is 16.7. The zero-order valence-corrected chi connectivity index (χ0v) is 16.7. The van der Waals surface area contributed by atoms with Crippen LogP contribution < -0.4 is 15.0 Å². The van der Waals surface area contributed by atoms with Gasteiger partial charge in [0.2, 0.25) is 0 Å². The number of likely N-dealkylation sites (tertiary alicyclic amines) is 1. The van der Waals surface area contributed by atoms with Gasteiger partial charge in [-0.15, -0.1) is 0 Å². The van der Waals surface area contributed by atoms with Crippen LogP contribution in [0.2, 0.25) is 0 Å². The van der Waals surface area contributed by atoms with Gasteiger partial charge in [0.25, 0.3) is 5.91 Å². The van der Waals surface area contributed by atoms with Crippen LogP contribution in [0.4, 0.5) is 0 Å². The number of carbonyl (C=O) groups is 1. The molecule has 0 bridgehead atoms. The summed E-state index contributed by atoms with van der Waals surface area (Å²) in [7, 11) is 1.55. The third-order valence-electron chi connectivity index (χ3n) is 5.45. The minimum Gasteiger partial charge on any atom is -0.493 e. The van der Waals surface area contributed by atoms with E-state index in [0.29, 0.717) is 18.0 Å². The van der Waals surface area contributed by atoms with Crippen molar-refractivity contribution >= 4 is 5.91 Å². The molecule has 1 saturated heterocycles. The largest absolute Gasteiger partial charge is 0.493 e. The third kappa shape index (κ3) is 4.49. The lowest BCUT2D eigenvalue weighted by Crippen LogP contribution is -3.08. The highest BCUT2D eigenvalue weighted by Gasteiger charge is 2.20. The number of quaternary nitrogens is 1.